The summed E-state index contributed by atoms with van der Waals surface area (Å²) in [6.07, 6.45) is 0. The first-order valence-electron chi connectivity index (χ1n) is 7.73. The number of amides is 1. The van der Waals surface area contributed by atoms with Gasteiger partial charge in [0.05, 0.1) is 16.3 Å². The highest BCUT2D eigenvalue weighted by Crippen LogP contribution is 2.30. The van der Waals surface area contributed by atoms with E-state index in [1.807, 2.05) is 48.0 Å². The number of nitrogens with zero attached hydrogens (tertiary/aromatic N) is 2. The van der Waals surface area contributed by atoms with Crippen molar-refractivity contribution < 1.29 is 9.18 Å². The number of carbonyl (C=O) groups is 1. The predicted molar refractivity (Wildman–Crippen MR) is 98.0 cm³/mol. The van der Waals surface area contributed by atoms with Gasteiger partial charge in [-0.15, -0.1) is 11.3 Å². The molecule has 2 heterocycles. The molecule has 0 spiro atoms. The Morgan fingerprint density at radius 1 is 1.12 bits per heavy atom. The molecule has 4 aromatic rings. The number of hydrogen-bond acceptors (Lipinski definition) is 3. The third-order valence-electron chi connectivity index (χ3n) is 3.85. The second-order valence-electron chi connectivity index (χ2n) is 5.63. The van der Waals surface area contributed by atoms with Crippen LogP contribution in [0.3, 0.4) is 0 Å². The largest absolute Gasteiger partial charge is 0.321 e. The van der Waals surface area contributed by atoms with Crippen LogP contribution in [0.25, 0.3) is 15.9 Å². The number of thiophene rings is 1. The van der Waals surface area contributed by atoms with Gasteiger partial charge in [-0.05, 0) is 43.3 Å². The van der Waals surface area contributed by atoms with Crippen molar-refractivity contribution in [2.75, 3.05) is 5.32 Å². The Morgan fingerprint density at radius 2 is 1.92 bits per heavy atom. The van der Waals surface area contributed by atoms with Gasteiger partial charge in [-0.3, -0.25) is 4.79 Å². The lowest BCUT2D eigenvalue weighted by Gasteiger charge is -2.03. The third kappa shape index (κ3) is 2.92. The van der Waals surface area contributed by atoms with Crippen LogP contribution in [0.2, 0.25) is 0 Å². The summed E-state index contributed by atoms with van der Waals surface area (Å²) in [6.45, 7) is 1.92. The minimum absolute atomic E-state index is 0.259. The molecule has 0 aliphatic carbocycles. The Bertz CT molecular complexity index is 1070. The Morgan fingerprint density at radius 3 is 2.68 bits per heavy atom. The lowest BCUT2D eigenvalue weighted by Crippen LogP contribution is -2.10. The van der Waals surface area contributed by atoms with E-state index in [4.69, 9.17) is 0 Å². The number of anilines is 1. The van der Waals surface area contributed by atoms with E-state index in [1.54, 1.807) is 12.1 Å². The number of hydrogen-bond donors (Lipinski definition) is 1. The second-order valence-corrected chi connectivity index (χ2v) is 6.66. The Labute approximate surface area is 147 Å². The van der Waals surface area contributed by atoms with E-state index < -0.39 is 0 Å². The number of fused-ring (bicyclic) bond motifs is 1. The minimum atomic E-state index is -0.385. The fraction of sp³-hybridized carbons (Fsp3) is 0.0526. The standard InChI is InChI=1S/C19H14FN3OS/c1-12-16-11-17(18(24)21-14-7-5-6-13(20)10-14)25-19(16)23(22-12)15-8-3-2-4-9-15/h2-11H,1H3,(H,21,24). The zero-order valence-electron chi connectivity index (χ0n) is 13.4. The highest BCUT2D eigenvalue weighted by atomic mass is 32.1. The molecular formula is C19H14FN3OS. The maximum absolute atomic E-state index is 13.3. The van der Waals surface area contributed by atoms with E-state index >= 15 is 0 Å². The molecule has 0 saturated heterocycles. The number of aromatic nitrogens is 2. The van der Waals surface area contributed by atoms with Crippen LogP contribution < -0.4 is 5.32 Å². The Balaban J connectivity index is 1.71. The maximum Gasteiger partial charge on any atom is 0.265 e. The molecule has 6 heteroatoms. The highest BCUT2D eigenvalue weighted by molar-refractivity contribution is 7.20. The average Bonchev–Trinajstić information content (AvgIpc) is 3.17. The lowest BCUT2D eigenvalue weighted by molar-refractivity contribution is 0.103. The van der Waals surface area contributed by atoms with Crippen LogP contribution in [0.1, 0.15) is 15.4 Å². The number of benzene rings is 2. The van der Waals surface area contributed by atoms with Gasteiger partial charge in [0.25, 0.3) is 5.91 Å². The topological polar surface area (TPSA) is 46.9 Å². The molecule has 4 nitrogen and oxygen atoms in total. The number of aryl methyl sites for hydroxylation is 1. The van der Waals surface area contributed by atoms with Gasteiger partial charge >= 0.3 is 0 Å². The van der Waals surface area contributed by atoms with Gasteiger partial charge in [-0.25, -0.2) is 9.07 Å². The summed E-state index contributed by atoms with van der Waals surface area (Å²) in [5.74, 6) is -0.643. The number of rotatable bonds is 3. The molecule has 2 aromatic carbocycles. The summed E-state index contributed by atoms with van der Waals surface area (Å²) >= 11 is 1.37. The predicted octanol–water partition coefficient (Wildman–Crippen LogP) is 4.79. The monoisotopic (exact) mass is 351 g/mol. The molecule has 1 N–H and O–H groups in total. The SMILES string of the molecule is Cc1nn(-c2ccccc2)c2sc(C(=O)Nc3cccc(F)c3)cc12. The summed E-state index contributed by atoms with van der Waals surface area (Å²) < 4.78 is 15.1. The van der Waals surface area contributed by atoms with Crippen molar-refractivity contribution in [3.8, 4) is 5.69 Å². The van der Waals surface area contributed by atoms with Gasteiger partial charge in [0.2, 0.25) is 0 Å². The summed E-state index contributed by atoms with van der Waals surface area (Å²) in [5.41, 5.74) is 2.24. The van der Waals surface area contributed by atoms with Crippen LogP contribution in [0.4, 0.5) is 10.1 Å². The van der Waals surface area contributed by atoms with Crippen LogP contribution in [0.5, 0.6) is 0 Å². The molecule has 0 radical (unpaired) electrons. The van der Waals surface area contributed by atoms with Crippen LogP contribution >= 0.6 is 11.3 Å². The molecule has 0 aliphatic heterocycles. The maximum atomic E-state index is 13.3. The van der Waals surface area contributed by atoms with Gasteiger partial charge < -0.3 is 5.32 Å². The zero-order chi connectivity index (χ0) is 17.4. The molecule has 1 amide bonds. The second kappa shape index (κ2) is 6.14. The van der Waals surface area contributed by atoms with E-state index in [-0.39, 0.29) is 11.7 Å². The van der Waals surface area contributed by atoms with E-state index in [0.717, 1.165) is 21.6 Å². The number of carbonyl (C=O) groups excluding carboxylic acids is 1. The number of nitrogens with one attached hydrogen (secondary N) is 1. The van der Waals surface area contributed by atoms with E-state index in [9.17, 15) is 9.18 Å². The third-order valence-corrected chi connectivity index (χ3v) is 4.96. The van der Waals surface area contributed by atoms with Crippen molar-refractivity contribution in [3.63, 3.8) is 0 Å². The first-order chi connectivity index (χ1) is 12.1. The summed E-state index contributed by atoms with van der Waals surface area (Å²) in [5, 5.41) is 8.23. The van der Waals surface area contributed by atoms with Crippen molar-refractivity contribution >= 4 is 33.1 Å². The van der Waals surface area contributed by atoms with Crippen LogP contribution in [-0.4, -0.2) is 15.7 Å². The molecule has 0 fully saturated rings. The van der Waals surface area contributed by atoms with Crippen molar-refractivity contribution in [2.45, 2.75) is 6.92 Å². The van der Waals surface area contributed by atoms with Crippen LogP contribution in [0, 0.1) is 12.7 Å². The van der Waals surface area contributed by atoms with Gasteiger partial charge in [-0.1, -0.05) is 24.3 Å². The normalized spacial score (nSPS) is 11.0. The van der Waals surface area contributed by atoms with Crippen molar-refractivity contribution in [1.82, 2.24) is 9.78 Å². The summed E-state index contributed by atoms with van der Waals surface area (Å²) in [6, 6.07) is 17.5. The van der Waals surface area contributed by atoms with Crippen molar-refractivity contribution in [2.24, 2.45) is 0 Å². The van der Waals surface area contributed by atoms with Gasteiger partial charge in [0.1, 0.15) is 10.6 Å². The fourth-order valence-electron chi connectivity index (χ4n) is 2.66. The van der Waals surface area contributed by atoms with Gasteiger partial charge in [-0.2, -0.15) is 5.10 Å². The molecule has 0 unspecified atom stereocenters. The molecule has 0 atom stereocenters. The Kier molecular flexibility index (Phi) is 3.82. The van der Waals surface area contributed by atoms with Crippen molar-refractivity contribution in [1.29, 1.82) is 0 Å². The highest BCUT2D eigenvalue weighted by Gasteiger charge is 2.17. The van der Waals surface area contributed by atoms with E-state index in [0.29, 0.717) is 10.6 Å². The van der Waals surface area contributed by atoms with Gasteiger partial charge in [0.15, 0.2) is 0 Å². The van der Waals surface area contributed by atoms with Crippen molar-refractivity contribution in [3.05, 3.63) is 77.1 Å². The van der Waals surface area contributed by atoms with E-state index in [2.05, 4.69) is 10.4 Å². The first-order valence-corrected chi connectivity index (χ1v) is 8.55. The number of para-hydroxylation sites is 1. The van der Waals surface area contributed by atoms with Crippen LogP contribution in [0.15, 0.2) is 60.7 Å². The lowest BCUT2D eigenvalue weighted by atomic mass is 10.3. The molecular weight excluding hydrogens is 337 g/mol. The minimum Gasteiger partial charge on any atom is -0.321 e. The zero-order valence-corrected chi connectivity index (χ0v) is 14.2. The summed E-state index contributed by atoms with van der Waals surface area (Å²) in [7, 11) is 0. The Hall–Kier alpha value is -2.99. The summed E-state index contributed by atoms with van der Waals surface area (Å²) in [4.78, 5) is 14.0. The van der Waals surface area contributed by atoms with Crippen LogP contribution in [-0.2, 0) is 0 Å². The average molecular weight is 351 g/mol. The van der Waals surface area contributed by atoms with Gasteiger partial charge in [0, 0.05) is 11.1 Å². The molecule has 0 saturated carbocycles. The molecule has 4 rings (SSSR count). The molecule has 0 bridgehead atoms. The fourth-order valence-corrected chi connectivity index (χ4v) is 3.74. The molecule has 2 aromatic heterocycles. The first kappa shape index (κ1) is 15.5. The molecule has 124 valence electrons. The van der Waals surface area contributed by atoms with E-state index in [1.165, 1.54) is 23.5 Å². The molecule has 0 aliphatic rings. The smallest absolute Gasteiger partial charge is 0.265 e. The quantitative estimate of drug-likeness (QED) is 0.577. The number of halogens is 1. The molecule has 25 heavy (non-hydrogen) atoms.